The van der Waals surface area contributed by atoms with Gasteiger partial charge in [-0.15, -0.1) is 0 Å². The standard InChI is InChI=1S/C58H96N5O10P/c1-7-9-11-13-15-17-19-21-23-25-27-29-31-33-38-42-53(65)72-54-50(45-69-74(68,73-49-39-35-34-36-40-49)62-48(5)55(66)70-47(3)4)71-56(58(54,6)46-59)63-44-43-51(61-57(63)67)60-52(64)41-37-32-30-28-26-24-22-20-18-16-14-12-10-8-2/h34-36,39-40,43-44,47-48,50,54,56H,7-33,37-38,41-42,45H2,1-6H3,(H,62,68)(H,60,61,64,67)/t48-,50+,54+,56+,58+,74?/m0/s1. The Bertz CT molecular complexity index is 2010. The maximum Gasteiger partial charge on any atom is 0.459 e. The molecular weight excluding hydrogens is 958 g/mol. The van der Waals surface area contributed by atoms with Crippen molar-refractivity contribution in [2.24, 2.45) is 5.41 Å². The lowest BCUT2D eigenvalue weighted by molar-refractivity contribution is -0.156. The van der Waals surface area contributed by atoms with Crippen LogP contribution in [0.4, 0.5) is 5.82 Å². The first-order chi connectivity index (χ1) is 35.7. The van der Waals surface area contributed by atoms with E-state index in [1.807, 2.05) is 0 Å². The zero-order chi connectivity index (χ0) is 53.9. The van der Waals surface area contributed by atoms with E-state index in [0.717, 1.165) is 55.9 Å². The summed E-state index contributed by atoms with van der Waals surface area (Å²) in [5, 5.41) is 16.2. The van der Waals surface area contributed by atoms with Gasteiger partial charge >= 0.3 is 25.4 Å². The number of para-hydroxylation sites is 1. The third kappa shape index (κ3) is 25.6. The Morgan fingerprint density at radius 3 is 1.66 bits per heavy atom. The number of anilines is 1. The molecule has 1 unspecified atom stereocenters. The number of carbonyl (C=O) groups excluding carboxylic acids is 3. The Kier molecular flexibility index (Phi) is 32.6. The zero-order valence-corrected chi connectivity index (χ0v) is 47.3. The van der Waals surface area contributed by atoms with Crippen LogP contribution in [-0.4, -0.2) is 58.4 Å². The molecule has 3 rings (SSSR count). The normalized spacial score (nSPS) is 18.6. The van der Waals surface area contributed by atoms with E-state index in [9.17, 15) is 29.0 Å². The fourth-order valence-electron chi connectivity index (χ4n) is 9.40. The maximum atomic E-state index is 14.5. The van der Waals surface area contributed by atoms with Crippen molar-refractivity contribution in [2.75, 3.05) is 11.9 Å². The van der Waals surface area contributed by atoms with Crippen LogP contribution in [0, 0.1) is 16.7 Å². The quantitative estimate of drug-likeness (QED) is 0.0362. The molecule has 2 heterocycles. The summed E-state index contributed by atoms with van der Waals surface area (Å²) in [6.45, 7) is 10.3. The lowest BCUT2D eigenvalue weighted by Crippen LogP contribution is -2.43. The zero-order valence-electron chi connectivity index (χ0n) is 46.4. The van der Waals surface area contributed by atoms with Crippen LogP contribution in [0.25, 0.3) is 0 Å². The van der Waals surface area contributed by atoms with Crippen molar-refractivity contribution in [3.05, 3.63) is 53.1 Å². The van der Waals surface area contributed by atoms with Gasteiger partial charge in [0, 0.05) is 19.0 Å². The Labute approximate surface area is 445 Å². The number of unbranched alkanes of at least 4 members (excludes halogenated alkanes) is 27. The van der Waals surface area contributed by atoms with Crippen LogP contribution in [0.5, 0.6) is 5.75 Å². The summed E-state index contributed by atoms with van der Waals surface area (Å²) in [6.07, 6.45) is 32.1. The summed E-state index contributed by atoms with van der Waals surface area (Å²) in [5.41, 5.74) is -2.50. The number of aromatic nitrogens is 2. The minimum atomic E-state index is -4.43. The molecule has 1 fully saturated rings. The average molecular weight is 1050 g/mol. The van der Waals surface area contributed by atoms with Crippen LogP contribution >= 0.6 is 7.75 Å². The minimum Gasteiger partial charge on any atom is -0.462 e. The molecule has 74 heavy (non-hydrogen) atoms. The predicted molar refractivity (Wildman–Crippen MR) is 294 cm³/mol. The summed E-state index contributed by atoms with van der Waals surface area (Å²) < 4.78 is 45.3. The highest BCUT2D eigenvalue weighted by atomic mass is 31.2. The van der Waals surface area contributed by atoms with Gasteiger partial charge < -0.3 is 24.1 Å². The second-order valence-electron chi connectivity index (χ2n) is 21.0. The molecule has 16 heteroatoms. The Hall–Kier alpha value is -4.09. The van der Waals surface area contributed by atoms with Crippen LogP contribution in [0.2, 0.25) is 0 Å². The molecule has 0 saturated carbocycles. The van der Waals surface area contributed by atoms with E-state index >= 15 is 0 Å². The molecule has 1 aromatic carbocycles. The maximum absolute atomic E-state index is 14.5. The number of nitrogens with zero attached hydrogens (tertiary/aromatic N) is 3. The molecule has 2 aromatic rings. The van der Waals surface area contributed by atoms with Gasteiger partial charge in [-0.1, -0.05) is 205 Å². The second kappa shape index (κ2) is 37.6. The second-order valence-corrected chi connectivity index (χ2v) is 22.7. The van der Waals surface area contributed by atoms with Crippen LogP contribution in [0.15, 0.2) is 47.4 Å². The van der Waals surface area contributed by atoms with Crippen molar-refractivity contribution < 1.29 is 42.2 Å². The number of hydrogen-bond acceptors (Lipinski definition) is 12. The Morgan fingerprint density at radius 2 is 1.20 bits per heavy atom. The fourth-order valence-corrected chi connectivity index (χ4v) is 10.9. The number of rotatable bonds is 43. The van der Waals surface area contributed by atoms with E-state index in [2.05, 4.69) is 35.3 Å². The number of carbonyl (C=O) groups is 3. The smallest absolute Gasteiger partial charge is 0.459 e. The molecule has 0 bridgehead atoms. The summed E-state index contributed by atoms with van der Waals surface area (Å²) in [6, 6.07) is 10.8. The van der Waals surface area contributed by atoms with E-state index in [-0.39, 0.29) is 23.9 Å². The van der Waals surface area contributed by atoms with Crippen LogP contribution in [0.3, 0.4) is 0 Å². The largest absolute Gasteiger partial charge is 0.462 e. The molecule has 1 amide bonds. The lowest BCUT2D eigenvalue weighted by atomic mass is 9.83. The molecule has 418 valence electrons. The number of ether oxygens (including phenoxy) is 3. The van der Waals surface area contributed by atoms with E-state index < -0.39 is 68.0 Å². The summed E-state index contributed by atoms with van der Waals surface area (Å²) >= 11 is 0. The van der Waals surface area contributed by atoms with Crippen molar-refractivity contribution >= 4 is 31.4 Å². The van der Waals surface area contributed by atoms with Crippen molar-refractivity contribution in [1.82, 2.24) is 14.6 Å². The molecular formula is C58H96N5O10P. The lowest BCUT2D eigenvalue weighted by Gasteiger charge is -2.29. The number of amides is 1. The van der Waals surface area contributed by atoms with Crippen molar-refractivity contribution in [3.63, 3.8) is 0 Å². The van der Waals surface area contributed by atoms with Gasteiger partial charge in [0.25, 0.3) is 0 Å². The Balaban J connectivity index is 1.64. The van der Waals surface area contributed by atoms with Gasteiger partial charge in [-0.05, 0) is 58.7 Å². The van der Waals surface area contributed by atoms with Gasteiger partial charge in [-0.3, -0.25) is 23.5 Å². The van der Waals surface area contributed by atoms with Gasteiger partial charge in [0.05, 0.1) is 18.8 Å². The van der Waals surface area contributed by atoms with Crippen molar-refractivity contribution in [3.8, 4) is 11.8 Å². The molecule has 1 aromatic heterocycles. The first-order valence-electron chi connectivity index (χ1n) is 28.9. The predicted octanol–water partition coefficient (Wildman–Crippen LogP) is 14.8. The summed E-state index contributed by atoms with van der Waals surface area (Å²) in [5.74, 6) is -1.28. The van der Waals surface area contributed by atoms with Crippen molar-refractivity contribution in [2.45, 2.75) is 271 Å². The molecule has 0 aliphatic carbocycles. The molecule has 6 atom stereocenters. The van der Waals surface area contributed by atoms with Crippen LogP contribution in [0.1, 0.15) is 247 Å². The molecule has 15 nitrogen and oxygen atoms in total. The first kappa shape index (κ1) is 64.2. The summed E-state index contributed by atoms with van der Waals surface area (Å²) in [4.78, 5) is 57.2. The first-order valence-corrected chi connectivity index (χ1v) is 30.4. The average Bonchev–Trinajstić information content (AvgIpc) is 3.64. The SMILES string of the molecule is CCCCCCCCCCCCCCCCCC(=O)O[C@@H]1[C@@H](COP(=O)(N[C@@H](C)C(=O)OC(C)C)Oc2ccccc2)O[C@@H](n2ccc(NC(=O)CCCCCCCCCCCCCCCC)nc2=O)[C@]1(C)C#N. The van der Waals surface area contributed by atoms with E-state index in [4.69, 9.17) is 23.3 Å². The van der Waals surface area contributed by atoms with Gasteiger partial charge in [0.2, 0.25) is 5.91 Å². The molecule has 0 radical (unpaired) electrons. The number of nitriles is 1. The molecule has 0 spiro atoms. The van der Waals surface area contributed by atoms with E-state index in [1.165, 1.54) is 155 Å². The monoisotopic (exact) mass is 1050 g/mol. The Morgan fingerprint density at radius 1 is 0.730 bits per heavy atom. The highest BCUT2D eigenvalue weighted by Crippen LogP contribution is 2.50. The molecule has 1 aliphatic rings. The van der Waals surface area contributed by atoms with Gasteiger partial charge in [0.1, 0.15) is 29.1 Å². The molecule has 1 aliphatic heterocycles. The number of esters is 2. The van der Waals surface area contributed by atoms with Gasteiger partial charge in [0.15, 0.2) is 12.3 Å². The van der Waals surface area contributed by atoms with Crippen molar-refractivity contribution in [1.29, 1.82) is 5.26 Å². The third-order valence-corrected chi connectivity index (χ3v) is 15.4. The molecule has 1 saturated heterocycles. The summed E-state index contributed by atoms with van der Waals surface area (Å²) in [7, 11) is -4.43. The number of benzene rings is 1. The van der Waals surface area contributed by atoms with Gasteiger partial charge in [-0.2, -0.15) is 15.3 Å². The highest BCUT2D eigenvalue weighted by Gasteiger charge is 2.58. The highest BCUT2D eigenvalue weighted by molar-refractivity contribution is 7.52. The third-order valence-electron chi connectivity index (χ3n) is 13.8. The van der Waals surface area contributed by atoms with Crippen LogP contribution in [-0.2, 0) is 37.7 Å². The minimum absolute atomic E-state index is 0.0554. The fraction of sp³-hybridized carbons (Fsp3) is 0.759. The molecule has 2 N–H and O–H groups in total. The topological polar surface area (TPSA) is 197 Å². The van der Waals surface area contributed by atoms with E-state index in [1.54, 1.807) is 44.2 Å². The number of nitrogens with one attached hydrogen (secondary N) is 2. The number of hydrogen-bond donors (Lipinski definition) is 2. The van der Waals surface area contributed by atoms with Gasteiger partial charge in [-0.25, -0.2) is 9.36 Å². The van der Waals surface area contributed by atoms with Crippen LogP contribution < -0.4 is 20.6 Å². The van der Waals surface area contributed by atoms with E-state index in [0.29, 0.717) is 12.8 Å².